The molecular weight excluding hydrogens is 284 g/mol. The molecule has 1 aromatic heterocycles. The van der Waals surface area contributed by atoms with Crippen LogP contribution in [0.4, 0.5) is 5.69 Å². The Kier molecular flexibility index (Phi) is 3.35. The van der Waals surface area contributed by atoms with Crippen LogP contribution in [-0.4, -0.2) is 15.4 Å². The molecule has 5 heteroatoms. The number of rotatable bonds is 3. The van der Waals surface area contributed by atoms with Gasteiger partial charge in [0.2, 0.25) is 5.88 Å². The Hall–Kier alpha value is -2.40. The van der Waals surface area contributed by atoms with E-state index in [-0.39, 0.29) is 10.8 Å². The standard InChI is InChI=1S/C16H14N2O2S/c1-3-8-18-15(19)14(21-16(18)20)9-12-10(2)17-13-7-5-4-6-11(12)13/h3-7,9,19H,1,8H2,2H3. The van der Waals surface area contributed by atoms with Crippen molar-refractivity contribution in [2.75, 3.05) is 0 Å². The van der Waals surface area contributed by atoms with Crippen LogP contribution in [0, 0.1) is 0 Å². The molecule has 0 unspecified atom stereocenters. The van der Waals surface area contributed by atoms with Crippen LogP contribution in [0.1, 0.15) is 17.4 Å². The summed E-state index contributed by atoms with van der Waals surface area (Å²) in [6.07, 6.45) is 3.41. The molecule has 0 aliphatic carbocycles. The van der Waals surface area contributed by atoms with E-state index >= 15 is 0 Å². The monoisotopic (exact) mass is 298 g/mol. The fourth-order valence-corrected chi connectivity index (χ4v) is 3.18. The summed E-state index contributed by atoms with van der Waals surface area (Å²) in [4.78, 5) is 16.7. The number of thiazole rings is 1. The molecule has 3 rings (SSSR count). The molecule has 4 nitrogen and oxygen atoms in total. The van der Waals surface area contributed by atoms with E-state index in [1.807, 2.05) is 37.3 Å². The number of nitrogens with zero attached hydrogens (tertiary/aromatic N) is 2. The maximum absolute atomic E-state index is 11.9. The Morgan fingerprint density at radius 3 is 2.95 bits per heavy atom. The zero-order chi connectivity index (χ0) is 15.0. The predicted octanol–water partition coefficient (Wildman–Crippen LogP) is 3.45. The van der Waals surface area contributed by atoms with E-state index in [2.05, 4.69) is 11.6 Å². The summed E-state index contributed by atoms with van der Waals surface area (Å²) in [6.45, 7) is 5.81. The van der Waals surface area contributed by atoms with Gasteiger partial charge in [0.25, 0.3) is 0 Å². The molecule has 0 radical (unpaired) electrons. The van der Waals surface area contributed by atoms with Crippen LogP contribution in [0.5, 0.6) is 5.88 Å². The van der Waals surface area contributed by atoms with Gasteiger partial charge in [0, 0.05) is 23.4 Å². The minimum absolute atomic E-state index is 0.0189. The van der Waals surface area contributed by atoms with Gasteiger partial charge >= 0.3 is 4.87 Å². The molecule has 0 amide bonds. The maximum Gasteiger partial charge on any atom is 0.310 e. The van der Waals surface area contributed by atoms with Crippen molar-refractivity contribution >= 4 is 34.4 Å². The second-order valence-electron chi connectivity index (χ2n) is 4.73. The molecule has 0 atom stereocenters. The van der Waals surface area contributed by atoms with Gasteiger partial charge in [0.15, 0.2) is 0 Å². The minimum atomic E-state index is -0.194. The van der Waals surface area contributed by atoms with Crippen LogP contribution in [0.3, 0.4) is 0 Å². The highest BCUT2D eigenvalue weighted by Crippen LogP contribution is 2.37. The smallest absolute Gasteiger partial charge is 0.310 e. The molecule has 1 aliphatic rings. The molecule has 0 bridgehead atoms. The summed E-state index contributed by atoms with van der Waals surface area (Å²) in [5, 5.41) is 10.2. The number of benzene rings is 1. The number of fused-ring (bicyclic) bond motifs is 1. The van der Waals surface area contributed by atoms with Crippen molar-refractivity contribution in [3.63, 3.8) is 0 Å². The largest absolute Gasteiger partial charge is 0.493 e. The van der Waals surface area contributed by atoms with Crippen molar-refractivity contribution in [2.24, 2.45) is 4.99 Å². The van der Waals surface area contributed by atoms with E-state index in [1.165, 1.54) is 4.57 Å². The molecule has 0 saturated heterocycles. The lowest BCUT2D eigenvalue weighted by Crippen LogP contribution is -2.10. The third-order valence-corrected chi connectivity index (χ3v) is 4.27. The van der Waals surface area contributed by atoms with Gasteiger partial charge in [-0.2, -0.15) is 0 Å². The first-order valence-electron chi connectivity index (χ1n) is 6.52. The van der Waals surface area contributed by atoms with Crippen LogP contribution >= 0.6 is 11.3 Å². The molecule has 2 heterocycles. The topological polar surface area (TPSA) is 54.6 Å². The number of hydrogen-bond donors (Lipinski definition) is 1. The molecule has 0 saturated carbocycles. The van der Waals surface area contributed by atoms with Gasteiger partial charge in [-0.25, -0.2) is 0 Å². The molecule has 0 spiro atoms. The first-order chi connectivity index (χ1) is 10.1. The number of aliphatic imine (C=N–C) groups is 1. The Morgan fingerprint density at radius 1 is 1.43 bits per heavy atom. The zero-order valence-electron chi connectivity index (χ0n) is 11.5. The first kappa shape index (κ1) is 13.6. The minimum Gasteiger partial charge on any atom is -0.493 e. The fourth-order valence-electron chi connectivity index (χ4n) is 2.35. The number of aromatic hydroxyl groups is 1. The van der Waals surface area contributed by atoms with Gasteiger partial charge in [0.1, 0.15) is 0 Å². The molecule has 0 fully saturated rings. The Balaban J connectivity index is 2.12. The lowest BCUT2D eigenvalue weighted by molar-refractivity contribution is 0.422. The number of para-hydroxylation sites is 1. The van der Waals surface area contributed by atoms with Crippen LogP contribution in [0.25, 0.3) is 11.6 Å². The van der Waals surface area contributed by atoms with Crippen LogP contribution in [0.2, 0.25) is 0 Å². The molecule has 21 heavy (non-hydrogen) atoms. The Bertz CT molecular complexity index is 840. The summed E-state index contributed by atoms with van der Waals surface area (Å²) < 4.78 is 1.30. The summed E-state index contributed by atoms with van der Waals surface area (Å²) >= 11 is 1.02. The van der Waals surface area contributed by atoms with E-state index in [1.54, 1.807) is 6.08 Å². The molecule has 1 N–H and O–H groups in total. The van der Waals surface area contributed by atoms with Gasteiger partial charge in [-0.3, -0.25) is 14.4 Å². The third kappa shape index (κ3) is 2.25. The first-order valence-corrected chi connectivity index (χ1v) is 7.33. The number of hydrogen-bond acceptors (Lipinski definition) is 4. The summed E-state index contributed by atoms with van der Waals surface area (Å²) in [5.74, 6) is -0.0189. The van der Waals surface area contributed by atoms with Crippen LogP contribution in [0.15, 0.2) is 46.7 Å². The summed E-state index contributed by atoms with van der Waals surface area (Å²) in [5.41, 5.74) is 3.75. The van der Waals surface area contributed by atoms with Gasteiger partial charge in [-0.05, 0) is 19.1 Å². The second kappa shape index (κ2) is 5.18. The van der Waals surface area contributed by atoms with Crippen LogP contribution < -0.4 is 4.87 Å². The second-order valence-corrected chi connectivity index (χ2v) is 5.72. The maximum atomic E-state index is 11.9. The molecule has 106 valence electrons. The van der Waals surface area contributed by atoms with Crippen molar-refractivity contribution in [3.05, 3.63) is 57.0 Å². The average molecular weight is 298 g/mol. The van der Waals surface area contributed by atoms with E-state index in [0.29, 0.717) is 11.4 Å². The van der Waals surface area contributed by atoms with E-state index in [9.17, 15) is 9.90 Å². The van der Waals surface area contributed by atoms with Gasteiger partial charge in [-0.15, -0.1) is 6.58 Å². The number of allylic oxidation sites excluding steroid dienone is 2. The average Bonchev–Trinajstić information content (AvgIpc) is 2.92. The Morgan fingerprint density at radius 2 is 2.19 bits per heavy atom. The highest BCUT2D eigenvalue weighted by atomic mass is 32.1. The van der Waals surface area contributed by atoms with Crippen molar-refractivity contribution in [2.45, 2.75) is 13.5 Å². The lowest BCUT2D eigenvalue weighted by Gasteiger charge is -2.01. The lowest BCUT2D eigenvalue weighted by atomic mass is 10.0. The van der Waals surface area contributed by atoms with Gasteiger partial charge < -0.3 is 5.11 Å². The fraction of sp³-hybridized carbons (Fsp3) is 0.125. The molecular formula is C16H14N2O2S. The highest BCUT2D eigenvalue weighted by molar-refractivity contribution is 7.10. The third-order valence-electron chi connectivity index (χ3n) is 3.35. The van der Waals surface area contributed by atoms with Crippen molar-refractivity contribution in [1.82, 2.24) is 4.57 Å². The van der Waals surface area contributed by atoms with E-state index < -0.39 is 0 Å². The van der Waals surface area contributed by atoms with Crippen LogP contribution in [-0.2, 0) is 6.54 Å². The highest BCUT2D eigenvalue weighted by Gasteiger charge is 2.19. The normalized spacial score (nSPS) is 15.1. The predicted molar refractivity (Wildman–Crippen MR) is 87.5 cm³/mol. The van der Waals surface area contributed by atoms with Gasteiger partial charge in [-0.1, -0.05) is 35.6 Å². The van der Waals surface area contributed by atoms with E-state index in [4.69, 9.17) is 0 Å². The molecule has 1 aliphatic heterocycles. The molecule has 2 aromatic rings. The van der Waals surface area contributed by atoms with Crippen molar-refractivity contribution in [3.8, 4) is 5.88 Å². The number of aromatic nitrogens is 1. The van der Waals surface area contributed by atoms with Crippen molar-refractivity contribution in [1.29, 1.82) is 0 Å². The van der Waals surface area contributed by atoms with E-state index in [0.717, 1.165) is 33.9 Å². The zero-order valence-corrected chi connectivity index (χ0v) is 12.4. The molecule has 1 aromatic carbocycles. The Labute approximate surface area is 126 Å². The summed E-state index contributed by atoms with van der Waals surface area (Å²) in [7, 11) is 0. The van der Waals surface area contributed by atoms with Crippen molar-refractivity contribution < 1.29 is 5.11 Å². The quantitative estimate of drug-likeness (QED) is 0.882. The van der Waals surface area contributed by atoms with Gasteiger partial charge in [0.05, 0.1) is 10.6 Å². The summed E-state index contributed by atoms with van der Waals surface area (Å²) in [6, 6.07) is 7.83. The SMILES string of the molecule is C=CCn1c(O)c(C=C2C(C)=Nc3ccccc32)sc1=O.